The highest BCUT2D eigenvalue weighted by Crippen LogP contribution is 2.23. The minimum absolute atomic E-state index is 0.240. The smallest absolute Gasteiger partial charge is 0.331 e. The molecular formula is C10H16O4. The molecule has 1 N–H and O–H groups in total. The second-order valence-corrected chi connectivity index (χ2v) is 3.72. The summed E-state index contributed by atoms with van der Waals surface area (Å²) in [6.07, 6.45) is 1.88. The van der Waals surface area contributed by atoms with E-state index >= 15 is 0 Å². The second kappa shape index (κ2) is 4.11. The van der Waals surface area contributed by atoms with Gasteiger partial charge < -0.3 is 14.6 Å². The highest BCUT2D eigenvalue weighted by atomic mass is 16.7. The Balaban J connectivity index is 2.64. The van der Waals surface area contributed by atoms with Gasteiger partial charge in [-0.3, -0.25) is 0 Å². The quantitative estimate of drug-likeness (QED) is 0.702. The molecule has 1 saturated heterocycles. The van der Waals surface area contributed by atoms with Gasteiger partial charge in [0.05, 0.1) is 6.61 Å². The predicted molar refractivity (Wildman–Crippen MR) is 50.9 cm³/mol. The Morgan fingerprint density at radius 2 is 2.29 bits per heavy atom. The van der Waals surface area contributed by atoms with E-state index < -0.39 is 11.8 Å². The molecule has 0 aliphatic carbocycles. The maximum Gasteiger partial charge on any atom is 0.331 e. The van der Waals surface area contributed by atoms with Crippen LogP contribution in [0, 0.1) is 0 Å². The van der Waals surface area contributed by atoms with E-state index in [0.29, 0.717) is 18.6 Å². The molecule has 0 amide bonds. The third-order valence-electron chi connectivity index (χ3n) is 2.07. The first-order valence-electron chi connectivity index (χ1n) is 4.70. The van der Waals surface area contributed by atoms with Gasteiger partial charge >= 0.3 is 5.97 Å². The first-order valence-corrected chi connectivity index (χ1v) is 4.70. The maximum absolute atomic E-state index is 10.7. The van der Waals surface area contributed by atoms with Gasteiger partial charge in [0, 0.05) is 5.57 Å². The van der Waals surface area contributed by atoms with Crippen LogP contribution in [0.1, 0.15) is 27.2 Å². The molecule has 0 aromatic carbocycles. The van der Waals surface area contributed by atoms with Crippen molar-refractivity contribution in [3.05, 3.63) is 11.6 Å². The maximum atomic E-state index is 10.7. The van der Waals surface area contributed by atoms with Crippen LogP contribution in [0.15, 0.2) is 11.6 Å². The van der Waals surface area contributed by atoms with Crippen molar-refractivity contribution in [2.24, 2.45) is 0 Å². The lowest BCUT2D eigenvalue weighted by atomic mass is 10.1. The third-order valence-corrected chi connectivity index (χ3v) is 2.07. The molecule has 0 bridgehead atoms. The number of carboxylic acids is 1. The van der Waals surface area contributed by atoms with Gasteiger partial charge in [0.15, 0.2) is 5.79 Å². The van der Waals surface area contributed by atoms with Crippen LogP contribution < -0.4 is 0 Å². The highest BCUT2D eigenvalue weighted by molar-refractivity contribution is 5.86. The van der Waals surface area contributed by atoms with Gasteiger partial charge in [-0.1, -0.05) is 6.92 Å². The van der Waals surface area contributed by atoms with E-state index in [0.717, 1.165) is 0 Å². The van der Waals surface area contributed by atoms with Crippen LogP contribution in [0.3, 0.4) is 0 Å². The molecule has 1 rings (SSSR count). The molecule has 0 spiro atoms. The van der Waals surface area contributed by atoms with Crippen molar-refractivity contribution >= 4 is 5.97 Å². The molecule has 0 radical (unpaired) electrons. The minimum atomic E-state index is -0.888. The van der Waals surface area contributed by atoms with Crippen molar-refractivity contribution in [2.75, 3.05) is 6.61 Å². The van der Waals surface area contributed by atoms with Crippen molar-refractivity contribution in [1.29, 1.82) is 0 Å². The molecule has 1 fully saturated rings. The Labute approximate surface area is 83.5 Å². The largest absolute Gasteiger partial charge is 0.478 e. The molecule has 1 heterocycles. The number of rotatable bonds is 3. The van der Waals surface area contributed by atoms with Crippen LogP contribution in [0.5, 0.6) is 0 Å². The van der Waals surface area contributed by atoms with Crippen LogP contribution in [-0.4, -0.2) is 29.6 Å². The molecule has 0 aromatic heterocycles. The molecular weight excluding hydrogens is 184 g/mol. The second-order valence-electron chi connectivity index (χ2n) is 3.72. The molecule has 4 nitrogen and oxygen atoms in total. The van der Waals surface area contributed by atoms with Gasteiger partial charge in [0.1, 0.15) is 6.10 Å². The number of aliphatic carboxylic acids is 1. The number of hydrogen-bond acceptors (Lipinski definition) is 3. The topological polar surface area (TPSA) is 55.8 Å². The fourth-order valence-corrected chi connectivity index (χ4v) is 1.36. The van der Waals surface area contributed by atoms with E-state index in [-0.39, 0.29) is 6.10 Å². The summed E-state index contributed by atoms with van der Waals surface area (Å²) in [4.78, 5) is 10.7. The van der Waals surface area contributed by atoms with Gasteiger partial charge in [0.2, 0.25) is 0 Å². The first kappa shape index (κ1) is 11.2. The van der Waals surface area contributed by atoms with Crippen LogP contribution in [0.25, 0.3) is 0 Å². The summed E-state index contributed by atoms with van der Waals surface area (Å²) >= 11 is 0. The lowest BCUT2D eigenvalue weighted by Gasteiger charge is -2.15. The lowest BCUT2D eigenvalue weighted by molar-refractivity contribution is -0.135. The molecule has 14 heavy (non-hydrogen) atoms. The van der Waals surface area contributed by atoms with Gasteiger partial charge in [-0.25, -0.2) is 4.79 Å². The average Bonchev–Trinajstić information content (AvgIpc) is 2.41. The number of ether oxygens (including phenoxy) is 2. The zero-order chi connectivity index (χ0) is 10.8. The van der Waals surface area contributed by atoms with Crippen molar-refractivity contribution in [3.63, 3.8) is 0 Å². The summed E-state index contributed by atoms with van der Waals surface area (Å²) in [6.45, 7) is 5.85. The molecule has 1 aliphatic rings. The van der Waals surface area contributed by atoms with Crippen LogP contribution >= 0.6 is 0 Å². The van der Waals surface area contributed by atoms with Crippen LogP contribution in [-0.2, 0) is 14.3 Å². The van der Waals surface area contributed by atoms with E-state index in [1.807, 2.05) is 13.8 Å². The van der Waals surface area contributed by atoms with Crippen molar-refractivity contribution in [1.82, 2.24) is 0 Å². The molecule has 0 aromatic rings. The number of carboxylic acid groups (broad SMARTS) is 1. The fraction of sp³-hybridized carbons (Fsp3) is 0.700. The van der Waals surface area contributed by atoms with E-state index in [4.69, 9.17) is 14.6 Å². The normalized spacial score (nSPS) is 26.5. The Hall–Kier alpha value is -0.870. The van der Waals surface area contributed by atoms with Gasteiger partial charge in [0.25, 0.3) is 0 Å². The van der Waals surface area contributed by atoms with E-state index in [2.05, 4.69) is 0 Å². The van der Waals surface area contributed by atoms with Crippen molar-refractivity contribution in [3.8, 4) is 0 Å². The van der Waals surface area contributed by atoms with Crippen LogP contribution in [0.2, 0.25) is 0 Å². The molecule has 4 heteroatoms. The minimum Gasteiger partial charge on any atom is -0.478 e. The molecule has 80 valence electrons. The van der Waals surface area contributed by atoms with E-state index in [1.165, 1.54) is 0 Å². The summed E-state index contributed by atoms with van der Waals surface area (Å²) < 4.78 is 10.8. The summed E-state index contributed by atoms with van der Waals surface area (Å²) in [5, 5.41) is 8.80. The molecule has 1 aliphatic heterocycles. The monoisotopic (exact) mass is 200 g/mol. The third kappa shape index (κ3) is 2.82. The Morgan fingerprint density at radius 1 is 1.64 bits per heavy atom. The first-order chi connectivity index (χ1) is 6.44. The zero-order valence-corrected chi connectivity index (χ0v) is 8.74. The Kier molecular flexibility index (Phi) is 3.29. The standard InChI is InChI=1S/C10H16O4/c1-4-7(9(11)12)5-8-6-13-10(2,3)14-8/h5,8H,4,6H2,1-3H3,(H,11,12)/b7-5+/t8-/m1/s1. The van der Waals surface area contributed by atoms with Gasteiger partial charge in [-0.05, 0) is 26.3 Å². The molecule has 0 unspecified atom stereocenters. The predicted octanol–water partition coefficient (Wildman–Crippen LogP) is 1.56. The van der Waals surface area contributed by atoms with Gasteiger partial charge in [-0.2, -0.15) is 0 Å². The van der Waals surface area contributed by atoms with E-state index in [9.17, 15) is 4.79 Å². The van der Waals surface area contributed by atoms with E-state index in [1.54, 1.807) is 13.0 Å². The summed E-state index contributed by atoms with van der Waals surface area (Å²) in [7, 11) is 0. The van der Waals surface area contributed by atoms with Crippen molar-refractivity contribution in [2.45, 2.75) is 39.1 Å². The van der Waals surface area contributed by atoms with Crippen LogP contribution in [0.4, 0.5) is 0 Å². The zero-order valence-electron chi connectivity index (χ0n) is 8.74. The SMILES string of the molecule is CC/C(=C\[C@@H]1COC(C)(C)O1)C(=O)O. The average molecular weight is 200 g/mol. The summed E-state index contributed by atoms with van der Waals surface area (Å²) in [6, 6.07) is 0. The Bertz CT molecular complexity index is 255. The summed E-state index contributed by atoms with van der Waals surface area (Å²) in [5.41, 5.74) is 0.372. The van der Waals surface area contributed by atoms with Crippen molar-refractivity contribution < 1.29 is 19.4 Å². The molecule has 0 saturated carbocycles. The summed E-state index contributed by atoms with van der Waals surface area (Å²) in [5.74, 6) is -1.49. The Morgan fingerprint density at radius 3 is 2.64 bits per heavy atom. The number of hydrogen-bond donors (Lipinski definition) is 1. The fourth-order valence-electron chi connectivity index (χ4n) is 1.36. The number of carbonyl (C=O) groups is 1. The lowest BCUT2D eigenvalue weighted by Crippen LogP contribution is -2.21. The highest BCUT2D eigenvalue weighted by Gasteiger charge is 2.31. The van der Waals surface area contributed by atoms with Gasteiger partial charge in [-0.15, -0.1) is 0 Å². The molecule has 1 atom stereocenters.